The Hall–Kier alpha value is -1.20. The molecule has 5 nitrogen and oxygen atoms in total. The molecule has 1 fully saturated rings. The van der Waals surface area contributed by atoms with E-state index in [1.54, 1.807) is 12.4 Å². The van der Waals surface area contributed by atoms with Crippen molar-refractivity contribution in [3.8, 4) is 5.75 Å². The fourth-order valence-electron chi connectivity index (χ4n) is 3.26. The van der Waals surface area contributed by atoms with Gasteiger partial charge in [0.15, 0.2) is 5.75 Å². The normalized spacial score (nSPS) is 25.5. The van der Waals surface area contributed by atoms with Crippen molar-refractivity contribution in [2.24, 2.45) is 10.8 Å². The van der Waals surface area contributed by atoms with Crippen LogP contribution in [0.4, 0.5) is 0 Å². The minimum Gasteiger partial charge on any atom is -0.488 e. The Morgan fingerprint density at radius 1 is 1.25 bits per heavy atom. The van der Waals surface area contributed by atoms with Crippen molar-refractivity contribution in [3.63, 3.8) is 0 Å². The van der Waals surface area contributed by atoms with Gasteiger partial charge in [0.2, 0.25) is 0 Å². The van der Waals surface area contributed by atoms with Crippen LogP contribution in [0.1, 0.15) is 73.2 Å². The largest absolute Gasteiger partial charge is 0.488 e. The fraction of sp³-hybridized carbons (Fsp3) is 0.789. The maximum atomic E-state index is 10.8. The van der Waals surface area contributed by atoms with Crippen molar-refractivity contribution >= 4 is 0 Å². The fourth-order valence-corrected chi connectivity index (χ4v) is 3.26. The lowest BCUT2D eigenvalue weighted by Gasteiger charge is -2.48. The zero-order valence-corrected chi connectivity index (χ0v) is 16.1. The van der Waals surface area contributed by atoms with Crippen molar-refractivity contribution in [1.82, 2.24) is 15.3 Å². The third kappa shape index (κ3) is 4.45. The molecule has 2 rings (SSSR count). The minimum absolute atomic E-state index is 0.00596. The van der Waals surface area contributed by atoms with Gasteiger partial charge in [-0.3, -0.25) is 0 Å². The van der Waals surface area contributed by atoms with Crippen LogP contribution in [-0.4, -0.2) is 33.3 Å². The molecule has 1 aromatic rings. The van der Waals surface area contributed by atoms with Crippen molar-refractivity contribution in [2.45, 2.75) is 85.6 Å². The molecule has 2 N–H and O–H groups in total. The molecule has 0 amide bonds. The molecule has 0 spiro atoms. The van der Waals surface area contributed by atoms with Crippen molar-refractivity contribution in [1.29, 1.82) is 0 Å². The number of nitrogens with one attached hydrogen (secondary N) is 1. The summed E-state index contributed by atoms with van der Waals surface area (Å²) in [6.07, 6.45) is 5.14. The van der Waals surface area contributed by atoms with E-state index in [0.717, 1.165) is 18.7 Å². The first-order valence-electron chi connectivity index (χ1n) is 8.93. The second kappa shape index (κ2) is 6.96. The van der Waals surface area contributed by atoms with Gasteiger partial charge in [-0.2, -0.15) is 0 Å². The Morgan fingerprint density at radius 3 is 2.33 bits per heavy atom. The van der Waals surface area contributed by atoms with Gasteiger partial charge in [0.1, 0.15) is 5.82 Å². The van der Waals surface area contributed by atoms with Gasteiger partial charge < -0.3 is 15.2 Å². The Morgan fingerprint density at radius 2 is 1.83 bits per heavy atom. The number of hydrogen-bond acceptors (Lipinski definition) is 5. The molecule has 1 aliphatic rings. The number of piperidine rings is 1. The Bertz CT molecular complexity index is 535. The number of ether oxygens (including phenoxy) is 1. The van der Waals surface area contributed by atoms with Gasteiger partial charge in [0.25, 0.3) is 0 Å². The van der Waals surface area contributed by atoms with Crippen molar-refractivity contribution in [3.05, 3.63) is 18.2 Å². The van der Waals surface area contributed by atoms with Crippen LogP contribution in [0.15, 0.2) is 12.4 Å². The highest BCUT2D eigenvalue weighted by atomic mass is 16.5. The lowest BCUT2D eigenvalue weighted by atomic mass is 9.68. The van der Waals surface area contributed by atoms with Crippen LogP contribution in [0.3, 0.4) is 0 Å². The Kier molecular flexibility index (Phi) is 5.55. The van der Waals surface area contributed by atoms with E-state index in [1.807, 2.05) is 13.8 Å². The van der Waals surface area contributed by atoms with E-state index >= 15 is 0 Å². The molecule has 136 valence electrons. The molecule has 1 saturated heterocycles. The number of aliphatic hydroxyl groups is 1. The van der Waals surface area contributed by atoms with Crippen LogP contribution in [-0.2, 0) is 0 Å². The molecule has 2 heterocycles. The van der Waals surface area contributed by atoms with Crippen LogP contribution in [0.5, 0.6) is 5.75 Å². The molecule has 0 radical (unpaired) electrons. The molecule has 3 unspecified atom stereocenters. The predicted molar refractivity (Wildman–Crippen MR) is 95.9 cm³/mol. The smallest absolute Gasteiger partial charge is 0.156 e. The molecular formula is C19H33N3O2. The maximum absolute atomic E-state index is 10.8. The first-order valence-corrected chi connectivity index (χ1v) is 8.93. The summed E-state index contributed by atoms with van der Waals surface area (Å²) in [5.74, 6) is 1.46. The number of aromatic nitrogens is 2. The van der Waals surface area contributed by atoms with E-state index in [-0.39, 0.29) is 29.0 Å². The zero-order chi connectivity index (χ0) is 18.1. The minimum atomic E-state index is -0.432. The summed E-state index contributed by atoms with van der Waals surface area (Å²) in [5, 5.41) is 14.4. The van der Waals surface area contributed by atoms with Crippen LogP contribution in [0.2, 0.25) is 0 Å². The Labute approximate surface area is 146 Å². The van der Waals surface area contributed by atoms with E-state index in [0.29, 0.717) is 5.75 Å². The molecule has 0 aromatic carbocycles. The lowest BCUT2D eigenvalue weighted by molar-refractivity contribution is -0.0339. The standard InChI is InChI=1S/C19H33N3O2/c1-12(2)24-13-10-20-17(21-11-13)14-8-9-19(6,7)15(22-14)16(23)18(3,4)5/h10-12,14-16,22-23H,8-9H2,1-7H3. The van der Waals surface area contributed by atoms with E-state index in [1.165, 1.54) is 0 Å². The molecule has 0 bridgehead atoms. The van der Waals surface area contributed by atoms with Gasteiger partial charge in [-0.25, -0.2) is 9.97 Å². The maximum Gasteiger partial charge on any atom is 0.156 e. The second-order valence-corrected chi connectivity index (χ2v) is 8.98. The quantitative estimate of drug-likeness (QED) is 0.881. The van der Waals surface area contributed by atoms with E-state index in [2.05, 4.69) is 49.9 Å². The average Bonchev–Trinajstić information content (AvgIpc) is 2.46. The van der Waals surface area contributed by atoms with Gasteiger partial charge >= 0.3 is 0 Å². The van der Waals surface area contributed by atoms with E-state index in [9.17, 15) is 5.11 Å². The molecule has 1 aromatic heterocycles. The monoisotopic (exact) mass is 335 g/mol. The first kappa shape index (κ1) is 19.1. The molecule has 0 saturated carbocycles. The number of nitrogens with zero attached hydrogens (tertiary/aromatic N) is 2. The average molecular weight is 335 g/mol. The molecule has 0 aliphatic carbocycles. The number of rotatable bonds is 4. The molecular weight excluding hydrogens is 302 g/mol. The van der Waals surface area contributed by atoms with Crippen LogP contribution in [0.25, 0.3) is 0 Å². The highest BCUT2D eigenvalue weighted by molar-refractivity contribution is 5.15. The van der Waals surface area contributed by atoms with Crippen molar-refractivity contribution in [2.75, 3.05) is 0 Å². The predicted octanol–water partition coefficient (Wildman–Crippen LogP) is 3.49. The summed E-state index contributed by atoms with van der Waals surface area (Å²) < 4.78 is 5.61. The Balaban J connectivity index is 2.15. The van der Waals surface area contributed by atoms with E-state index < -0.39 is 6.10 Å². The zero-order valence-electron chi connectivity index (χ0n) is 16.1. The lowest BCUT2D eigenvalue weighted by Crippen LogP contribution is -2.58. The van der Waals surface area contributed by atoms with E-state index in [4.69, 9.17) is 4.74 Å². The molecule has 3 atom stereocenters. The highest BCUT2D eigenvalue weighted by Crippen LogP contribution is 2.41. The third-order valence-electron chi connectivity index (χ3n) is 4.83. The summed E-state index contributed by atoms with van der Waals surface area (Å²) in [6.45, 7) is 14.6. The van der Waals surface area contributed by atoms with Gasteiger partial charge in [-0.15, -0.1) is 0 Å². The molecule has 1 aliphatic heterocycles. The third-order valence-corrected chi connectivity index (χ3v) is 4.83. The first-order chi connectivity index (χ1) is 11.0. The summed E-state index contributed by atoms with van der Waals surface area (Å²) in [4.78, 5) is 8.96. The van der Waals surface area contributed by atoms with Crippen LogP contribution in [0, 0.1) is 10.8 Å². The number of aliphatic hydroxyl groups excluding tert-OH is 1. The molecule has 5 heteroatoms. The van der Waals surface area contributed by atoms with Crippen LogP contribution < -0.4 is 10.1 Å². The second-order valence-electron chi connectivity index (χ2n) is 8.98. The summed E-state index contributed by atoms with van der Waals surface area (Å²) in [7, 11) is 0. The van der Waals surface area contributed by atoms with Gasteiger partial charge in [0.05, 0.1) is 30.6 Å². The highest BCUT2D eigenvalue weighted by Gasteiger charge is 2.44. The van der Waals surface area contributed by atoms with Gasteiger partial charge in [0, 0.05) is 6.04 Å². The topological polar surface area (TPSA) is 67.3 Å². The van der Waals surface area contributed by atoms with Crippen LogP contribution >= 0.6 is 0 Å². The van der Waals surface area contributed by atoms with Gasteiger partial charge in [-0.1, -0.05) is 34.6 Å². The SMILES string of the molecule is CC(C)Oc1cnc(C2CCC(C)(C)C(C(O)C(C)(C)C)N2)nc1. The summed E-state index contributed by atoms with van der Waals surface area (Å²) in [6, 6.07) is 0.0690. The molecule has 24 heavy (non-hydrogen) atoms. The van der Waals surface area contributed by atoms with Crippen molar-refractivity contribution < 1.29 is 9.84 Å². The summed E-state index contributed by atoms with van der Waals surface area (Å²) in [5.41, 5.74) is -0.142. The number of hydrogen-bond donors (Lipinski definition) is 2. The summed E-state index contributed by atoms with van der Waals surface area (Å²) >= 11 is 0. The van der Waals surface area contributed by atoms with Gasteiger partial charge in [-0.05, 0) is 37.5 Å².